The minimum atomic E-state index is -0.0663. The maximum absolute atomic E-state index is 12.5. The van der Waals surface area contributed by atoms with Crippen LogP contribution in [0.5, 0.6) is 0 Å². The highest BCUT2D eigenvalue weighted by Crippen LogP contribution is 2.11. The third-order valence-corrected chi connectivity index (χ3v) is 4.19. The van der Waals surface area contributed by atoms with E-state index in [1.54, 1.807) is 27.0 Å². The Bertz CT molecular complexity index is 869. The summed E-state index contributed by atoms with van der Waals surface area (Å²) in [7, 11) is 1.74. The Morgan fingerprint density at radius 1 is 1.27 bits per heavy atom. The Kier molecular flexibility index (Phi) is 3.16. The summed E-state index contributed by atoms with van der Waals surface area (Å²) in [6.45, 7) is 5.50. The first-order chi connectivity index (χ1) is 10.8. The van der Waals surface area contributed by atoms with Crippen LogP contribution in [0.4, 0.5) is 0 Å². The van der Waals surface area contributed by atoms with Gasteiger partial charge in [0.15, 0.2) is 5.65 Å². The molecule has 9 heteroatoms. The Morgan fingerprint density at radius 3 is 2.91 bits per heavy atom. The third-order valence-electron chi connectivity index (χ3n) is 4.19. The second kappa shape index (κ2) is 5.18. The van der Waals surface area contributed by atoms with Gasteiger partial charge in [0.25, 0.3) is 0 Å². The van der Waals surface area contributed by atoms with Gasteiger partial charge in [-0.25, -0.2) is 24.0 Å². The van der Waals surface area contributed by atoms with Gasteiger partial charge in [-0.05, 0) is 0 Å². The average molecular weight is 302 g/mol. The molecule has 3 aromatic heterocycles. The lowest BCUT2D eigenvalue weighted by atomic mass is 10.3. The first-order valence-electron chi connectivity index (χ1n) is 7.43. The number of aryl methyl sites for hydroxylation is 1. The van der Waals surface area contributed by atoms with Crippen molar-refractivity contribution in [2.24, 2.45) is 7.05 Å². The maximum atomic E-state index is 12.5. The van der Waals surface area contributed by atoms with Crippen molar-refractivity contribution >= 4 is 16.9 Å². The minimum absolute atomic E-state index is 0.0663. The van der Waals surface area contributed by atoms with Gasteiger partial charge >= 0.3 is 5.69 Å². The fourth-order valence-corrected chi connectivity index (χ4v) is 2.99. The summed E-state index contributed by atoms with van der Waals surface area (Å²) < 4.78 is 5.05. The van der Waals surface area contributed by atoms with Crippen molar-refractivity contribution in [3.8, 4) is 0 Å². The van der Waals surface area contributed by atoms with Gasteiger partial charge in [0.1, 0.15) is 11.8 Å². The number of fused-ring (bicyclic) bond motifs is 3. The van der Waals surface area contributed by atoms with E-state index in [4.69, 9.17) is 0 Å². The van der Waals surface area contributed by atoms with Gasteiger partial charge in [0, 0.05) is 46.3 Å². The molecule has 0 radical (unpaired) electrons. The SMILES string of the molecule is Cn1c(=O)n(CCN2CCNCC2)c2nc3ncncc3n21. The fraction of sp³-hybridized carbons (Fsp3) is 0.538. The molecule has 1 aliphatic heterocycles. The summed E-state index contributed by atoms with van der Waals surface area (Å²) in [5.74, 6) is 0.623. The van der Waals surface area contributed by atoms with E-state index >= 15 is 0 Å². The first-order valence-corrected chi connectivity index (χ1v) is 7.43. The molecule has 1 N–H and O–H groups in total. The second-order valence-electron chi connectivity index (χ2n) is 5.50. The molecule has 0 aliphatic carbocycles. The van der Waals surface area contributed by atoms with Gasteiger partial charge in [-0.15, -0.1) is 0 Å². The average Bonchev–Trinajstić information content (AvgIpc) is 3.03. The highest BCUT2D eigenvalue weighted by atomic mass is 16.2. The highest BCUT2D eigenvalue weighted by Gasteiger charge is 2.18. The number of nitrogens with one attached hydrogen (secondary N) is 1. The van der Waals surface area contributed by atoms with Gasteiger partial charge in [-0.1, -0.05) is 0 Å². The molecule has 116 valence electrons. The Labute approximate surface area is 126 Å². The van der Waals surface area contributed by atoms with E-state index in [1.165, 1.54) is 6.33 Å². The topological polar surface area (TPSA) is 85.3 Å². The number of imidazole rings is 1. The van der Waals surface area contributed by atoms with Crippen LogP contribution in [-0.2, 0) is 13.6 Å². The van der Waals surface area contributed by atoms with Crippen LogP contribution < -0.4 is 11.0 Å². The number of aromatic nitrogens is 6. The van der Waals surface area contributed by atoms with Crippen LogP contribution in [0, 0.1) is 0 Å². The summed E-state index contributed by atoms with van der Waals surface area (Å²) in [5.41, 5.74) is 1.29. The number of rotatable bonds is 3. The smallest absolute Gasteiger partial charge is 0.314 e. The largest absolute Gasteiger partial charge is 0.345 e. The Morgan fingerprint density at radius 2 is 2.09 bits per heavy atom. The van der Waals surface area contributed by atoms with Crippen LogP contribution in [0.15, 0.2) is 17.3 Å². The summed E-state index contributed by atoms with van der Waals surface area (Å²) >= 11 is 0. The standard InChI is InChI=1S/C13H18N8O/c1-18-13(22)20(7-6-19-4-2-14-3-5-19)12-17-11-10(21(12)18)8-15-9-16-11/h8-9,14H,2-7H2,1H3. The molecule has 4 rings (SSSR count). The van der Waals surface area contributed by atoms with Gasteiger partial charge in [-0.3, -0.25) is 9.47 Å². The Hall–Kier alpha value is -2.26. The third kappa shape index (κ3) is 2.01. The summed E-state index contributed by atoms with van der Waals surface area (Å²) in [4.78, 5) is 27.5. The van der Waals surface area contributed by atoms with Crippen molar-refractivity contribution in [1.29, 1.82) is 0 Å². The molecule has 0 aromatic carbocycles. The van der Waals surface area contributed by atoms with Crippen LogP contribution in [-0.4, -0.2) is 66.3 Å². The summed E-state index contributed by atoms with van der Waals surface area (Å²) in [5, 5.41) is 3.33. The summed E-state index contributed by atoms with van der Waals surface area (Å²) in [6.07, 6.45) is 3.15. The van der Waals surface area contributed by atoms with Crippen molar-refractivity contribution in [1.82, 2.24) is 38.9 Å². The molecule has 0 saturated carbocycles. The molecule has 1 saturated heterocycles. The minimum Gasteiger partial charge on any atom is -0.314 e. The number of nitrogens with zero attached hydrogens (tertiary/aromatic N) is 7. The summed E-state index contributed by atoms with van der Waals surface area (Å²) in [6, 6.07) is 0. The van der Waals surface area contributed by atoms with E-state index < -0.39 is 0 Å². The zero-order valence-electron chi connectivity index (χ0n) is 12.4. The van der Waals surface area contributed by atoms with Gasteiger partial charge in [0.2, 0.25) is 5.78 Å². The predicted octanol–water partition coefficient (Wildman–Crippen LogP) is -1.32. The van der Waals surface area contributed by atoms with Crippen LogP contribution in [0.1, 0.15) is 0 Å². The van der Waals surface area contributed by atoms with Gasteiger partial charge < -0.3 is 5.32 Å². The molecule has 0 unspecified atom stereocenters. The van der Waals surface area contributed by atoms with Crippen molar-refractivity contribution in [2.75, 3.05) is 32.7 Å². The van der Waals surface area contributed by atoms with Crippen LogP contribution >= 0.6 is 0 Å². The zero-order valence-corrected chi connectivity index (χ0v) is 12.4. The molecule has 1 aliphatic rings. The van der Waals surface area contributed by atoms with Crippen molar-refractivity contribution in [2.45, 2.75) is 6.54 Å². The maximum Gasteiger partial charge on any atom is 0.345 e. The first kappa shape index (κ1) is 13.4. The van der Waals surface area contributed by atoms with Crippen LogP contribution in [0.2, 0.25) is 0 Å². The normalized spacial score (nSPS) is 16.8. The van der Waals surface area contributed by atoms with E-state index in [0.717, 1.165) is 38.2 Å². The van der Waals surface area contributed by atoms with E-state index in [-0.39, 0.29) is 5.69 Å². The zero-order chi connectivity index (χ0) is 15.1. The molecular formula is C13H18N8O. The van der Waals surface area contributed by atoms with E-state index in [9.17, 15) is 4.79 Å². The number of piperazine rings is 1. The van der Waals surface area contributed by atoms with E-state index in [2.05, 4.69) is 25.2 Å². The Balaban J connectivity index is 1.73. The van der Waals surface area contributed by atoms with Gasteiger partial charge in [0.05, 0.1) is 6.20 Å². The fourth-order valence-electron chi connectivity index (χ4n) is 2.99. The molecule has 1 fully saturated rings. The van der Waals surface area contributed by atoms with Crippen molar-refractivity contribution in [3.05, 3.63) is 23.0 Å². The lowest BCUT2D eigenvalue weighted by Gasteiger charge is -2.26. The lowest BCUT2D eigenvalue weighted by Crippen LogP contribution is -2.45. The predicted molar refractivity (Wildman–Crippen MR) is 80.8 cm³/mol. The number of hydrogen-bond acceptors (Lipinski definition) is 6. The monoisotopic (exact) mass is 302 g/mol. The molecule has 22 heavy (non-hydrogen) atoms. The highest BCUT2D eigenvalue weighted by molar-refractivity contribution is 5.73. The molecule has 4 heterocycles. The van der Waals surface area contributed by atoms with Crippen molar-refractivity contribution in [3.63, 3.8) is 0 Å². The molecular weight excluding hydrogens is 284 g/mol. The van der Waals surface area contributed by atoms with Crippen molar-refractivity contribution < 1.29 is 0 Å². The van der Waals surface area contributed by atoms with Crippen LogP contribution in [0.3, 0.4) is 0 Å². The molecule has 3 aromatic rings. The lowest BCUT2D eigenvalue weighted by molar-refractivity contribution is 0.232. The van der Waals surface area contributed by atoms with Gasteiger partial charge in [-0.2, -0.15) is 4.98 Å². The van der Waals surface area contributed by atoms with Crippen LogP contribution in [0.25, 0.3) is 16.9 Å². The quantitative estimate of drug-likeness (QED) is 0.646. The second-order valence-corrected chi connectivity index (χ2v) is 5.50. The molecule has 0 spiro atoms. The van der Waals surface area contributed by atoms with E-state index in [0.29, 0.717) is 18.0 Å². The molecule has 9 nitrogen and oxygen atoms in total. The number of hydrogen-bond donors (Lipinski definition) is 1. The molecule has 0 atom stereocenters. The molecule has 0 bridgehead atoms. The molecule has 0 amide bonds. The van der Waals surface area contributed by atoms with E-state index in [1.807, 2.05) is 0 Å².